The molecule has 2 heterocycles. The molecule has 4 rings (SSSR count). The van der Waals surface area contributed by atoms with E-state index in [4.69, 9.17) is 15.1 Å². The Bertz CT molecular complexity index is 941. The normalized spacial score (nSPS) is 11.3. The summed E-state index contributed by atoms with van der Waals surface area (Å²) in [7, 11) is 0. The van der Waals surface area contributed by atoms with E-state index in [0.29, 0.717) is 0 Å². The Morgan fingerprint density at radius 3 is 2.50 bits per heavy atom. The minimum atomic E-state index is 0.746. The number of hydrogen-bond acceptors (Lipinski definition) is 3. The third-order valence-electron chi connectivity index (χ3n) is 3.75. The Hall–Kier alpha value is -2.75. The van der Waals surface area contributed by atoms with Crippen LogP contribution in [0.1, 0.15) is 19.2 Å². The van der Waals surface area contributed by atoms with Crippen LogP contribution in [0.15, 0.2) is 54.6 Å². The van der Waals surface area contributed by atoms with E-state index >= 15 is 0 Å². The number of nitrogens with zero attached hydrogens (tertiary/aromatic N) is 4. The number of aryl methyl sites for hydroxylation is 1. The lowest BCUT2D eigenvalue weighted by Crippen LogP contribution is -2.03. The van der Waals surface area contributed by atoms with Gasteiger partial charge in [0.15, 0.2) is 11.5 Å². The molecule has 0 atom stereocenters. The Labute approximate surface area is 128 Å². The van der Waals surface area contributed by atoms with Crippen LogP contribution >= 0.6 is 0 Å². The molecule has 0 radical (unpaired) electrons. The molecule has 2 aromatic heterocycles. The molecule has 0 amide bonds. The zero-order chi connectivity index (χ0) is 14.9. The smallest absolute Gasteiger partial charge is 0.182 e. The average molecular weight is 288 g/mol. The van der Waals surface area contributed by atoms with Crippen molar-refractivity contribution in [3.63, 3.8) is 0 Å². The highest BCUT2D eigenvalue weighted by atomic mass is 15.3. The molecule has 4 heteroatoms. The molecule has 0 saturated heterocycles. The summed E-state index contributed by atoms with van der Waals surface area (Å²) in [5, 5.41) is 5.73. The van der Waals surface area contributed by atoms with E-state index < -0.39 is 0 Å². The maximum absolute atomic E-state index is 4.77. The third kappa shape index (κ3) is 2.04. The van der Waals surface area contributed by atoms with Crippen LogP contribution in [-0.4, -0.2) is 19.6 Å². The largest absolute Gasteiger partial charge is 0.233 e. The van der Waals surface area contributed by atoms with Gasteiger partial charge in [0.2, 0.25) is 0 Å². The first-order valence-electron chi connectivity index (χ1n) is 7.56. The van der Waals surface area contributed by atoms with E-state index in [1.54, 1.807) is 0 Å². The van der Waals surface area contributed by atoms with Crippen LogP contribution in [-0.2, 0) is 6.42 Å². The van der Waals surface area contributed by atoms with E-state index in [1.807, 2.05) is 53.0 Å². The molecule has 0 fully saturated rings. The van der Waals surface area contributed by atoms with Gasteiger partial charge in [0.1, 0.15) is 5.82 Å². The first kappa shape index (κ1) is 13.0. The van der Waals surface area contributed by atoms with Gasteiger partial charge in [0.05, 0.1) is 5.52 Å². The zero-order valence-electron chi connectivity index (χ0n) is 12.4. The second kappa shape index (κ2) is 5.22. The molecular weight excluding hydrogens is 272 g/mol. The van der Waals surface area contributed by atoms with Crippen LogP contribution in [0.3, 0.4) is 0 Å². The van der Waals surface area contributed by atoms with E-state index in [1.165, 1.54) is 0 Å². The van der Waals surface area contributed by atoms with E-state index in [-0.39, 0.29) is 0 Å². The highest BCUT2D eigenvalue weighted by Crippen LogP contribution is 2.22. The van der Waals surface area contributed by atoms with Gasteiger partial charge in [0.25, 0.3) is 0 Å². The van der Waals surface area contributed by atoms with Crippen molar-refractivity contribution in [1.82, 2.24) is 19.6 Å². The van der Waals surface area contributed by atoms with Gasteiger partial charge in [-0.1, -0.05) is 49.4 Å². The van der Waals surface area contributed by atoms with Crippen LogP contribution in [0, 0.1) is 0 Å². The van der Waals surface area contributed by atoms with E-state index in [0.717, 1.165) is 46.6 Å². The summed E-state index contributed by atoms with van der Waals surface area (Å²) in [5.74, 6) is 1.71. The van der Waals surface area contributed by atoms with Gasteiger partial charge in [-0.2, -0.15) is 4.52 Å². The molecule has 0 saturated carbocycles. The molecule has 22 heavy (non-hydrogen) atoms. The van der Waals surface area contributed by atoms with Gasteiger partial charge in [-0.3, -0.25) is 0 Å². The van der Waals surface area contributed by atoms with Crippen LogP contribution in [0.2, 0.25) is 0 Å². The minimum Gasteiger partial charge on any atom is -0.233 e. The molecule has 0 unspecified atom stereocenters. The van der Waals surface area contributed by atoms with Crippen molar-refractivity contribution in [1.29, 1.82) is 0 Å². The summed E-state index contributed by atoms with van der Waals surface area (Å²) >= 11 is 0. The number of hydrogen-bond donors (Lipinski definition) is 0. The first-order chi connectivity index (χ1) is 10.9. The standard InChI is InChI=1S/C18H16N4/c1-2-8-16-19-15-12-7-6-11-14(15)18-20-17(21-22(16)18)13-9-4-3-5-10-13/h3-7,9-12H,2,8H2,1H3. The quantitative estimate of drug-likeness (QED) is 0.574. The lowest BCUT2D eigenvalue weighted by atomic mass is 10.2. The predicted molar refractivity (Wildman–Crippen MR) is 87.7 cm³/mol. The first-order valence-corrected chi connectivity index (χ1v) is 7.56. The number of benzene rings is 2. The second-order valence-electron chi connectivity index (χ2n) is 5.33. The highest BCUT2D eigenvalue weighted by Gasteiger charge is 2.13. The average Bonchev–Trinajstić information content (AvgIpc) is 3.02. The SMILES string of the molecule is CCCc1nc2ccccc2c2nc(-c3ccccc3)nn12. The van der Waals surface area contributed by atoms with Gasteiger partial charge in [-0.25, -0.2) is 9.97 Å². The van der Waals surface area contributed by atoms with Gasteiger partial charge in [0, 0.05) is 17.4 Å². The van der Waals surface area contributed by atoms with Crippen molar-refractivity contribution in [3.8, 4) is 11.4 Å². The molecule has 4 aromatic rings. The van der Waals surface area contributed by atoms with Crippen LogP contribution in [0.4, 0.5) is 0 Å². The Kier molecular flexibility index (Phi) is 3.07. The van der Waals surface area contributed by atoms with Gasteiger partial charge in [-0.15, -0.1) is 5.10 Å². The number of para-hydroxylation sites is 1. The fourth-order valence-corrected chi connectivity index (χ4v) is 2.71. The van der Waals surface area contributed by atoms with Crippen molar-refractivity contribution >= 4 is 16.6 Å². The summed E-state index contributed by atoms with van der Waals surface area (Å²) in [6.07, 6.45) is 1.92. The lowest BCUT2D eigenvalue weighted by molar-refractivity contribution is 0.771. The molecule has 0 aliphatic carbocycles. The van der Waals surface area contributed by atoms with Gasteiger partial charge < -0.3 is 0 Å². The summed E-state index contributed by atoms with van der Waals surface area (Å²) in [6.45, 7) is 2.15. The minimum absolute atomic E-state index is 0.746. The predicted octanol–water partition coefficient (Wildman–Crippen LogP) is 3.90. The highest BCUT2D eigenvalue weighted by molar-refractivity contribution is 5.91. The Morgan fingerprint density at radius 2 is 1.68 bits per heavy atom. The second-order valence-corrected chi connectivity index (χ2v) is 5.33. The van der Waals surface area contributed by atoms with E-state index in [2.05, 4.69) is 13.0 Å². The Morgan fingerprint density at radius 1 is 0.909 bits per heavy atom. The van der Waals surface area contributed by atoms with Crippen molar-refractivity contribution in [2.75, 3.05) is 0 Å². The summed E-state index contributed by atoms with van der Waals surface area (Å²) in [6, 6.07) is 18.2. The number of aromatic nitrogens is 4. The Balaban J connectivity index is 2.04. The maximum atomic E-state index is 4.77. The number of rotatable bonds is 3. The van der Waals surface area contributed by atoms with Crippen molar-refractivity contribution in [2.45, 2.75) is 19.8 Å². The van der Waals surface area contributed by atoms with Crippen molar-refractivity contribution in [2.24, 2.45) is 0 Å². The fraction of sp³-hybridized carbons (Fsp3) is 0.167. The molecule has 0 spiro atoms. The molecule has 108 valence electrons. The fourth-order valence-electron chi connectivity index (χ4n) is 2.71. The maximum Gasteiger partial charge on any atom is 0.182 e. The van der Waals surface area contributed by atoms with E-state index in [9.17, 15) is 0 Å². The van der Waals surface area contributed by atoms with Crippen LogP contribution in [0.25, 0.3) is 27.9 Å². The molecule has 2 aromatic carbocycles. The molecular formula is C18H16N4. The molecule has 0 N–H and O–H groups in total. The van der Waals surface area contributed by atoms with Gasteiger partial charge in [-0.05, 0) is 18.6 Å². The monoisotopic (exact) mass is 288 g/mol. The summed E-state index contributed by atoms with van der Waals surface area (Å²) in [4.78, 5) is 9.53. The zero-order valence-corrected chi connectivity index (χ0v) is 12.4. The molecule has 0 aliphatic rings. The molecule has 4 nitrogen and oxygen atoms in total. The molecule has 0 bridgehead atoms. The third-order valence-corrected chi connectivity index (χ3v) is 3.75. The topological polar surface area (TPSA) is 43.1 Å². The van der Waals surface area contributed by atoms with Crippen LogP contribution < -0.4 is 0 Å². The lowest BCUT2D eigenvalue weighted by Gasteiger charge is -2.04. The van der Waals surface area contributed by atoms with Crippen molar-refractivity contribution < 1.29 is 0 Å². The van der Waals surface area contributed by atoms with Gasteiger partial charge >= 0.3 is 0 Å². The summed E-state index contributed by atoms with van der Waals surface area (Å²) in [5.41, 5.74) is 2.89. The summed E-state index contributed by atoms with van der Waals surface area (Å²) < 4.78 is 1.90. The van der Waals surface area contributed by atoms with Crippen molar-refractivity contribution in [3.05, 3.63) is 60.4 Å². The van der Waals surface area contributed by atoms with Crippen LogP contribution in [0.5, 0.6) is 0 Å². The molecule has 0 aliphatic heterocycles. The number of fused-ring (bicyclic) bond motifs is 3.